The molecule has 17 heavy (non-hydrogen) atoms. The Balaban J connectivity index is 1.90. The first-order valence-corrected chi connectivity index (χ1v) is 7.06. The van der Waals surface area contributed by atoms with E-state index in [2.05, 4.69) is 36.0 Å². The average Bonchev–Trinajstić information content (AvgIpc) is 2.73. The van der Waals surface area contributed by atoms with Crippen LogP contribution < -0.4 is 10.6 Å². The highest BCUT2D eigenvalue weighted by Gasteiger charge is 2.39. The maximum atomic E-state index is 4.31. The Labute approximate surface area is 106 Å². The zero-order valence-electron chi connectivity index (χ0n) is 11.4. The quantitative estimate of drug-likeness (QED) is 0.777. The molecule has 2 N–H and O–H groups in total. The van der Waals surface area contributed by atoms with Gasteiger partial charge in [-0.1, -0.05) is 26.8 Å². The smallest absolute Gasteiger partial charge is 0.0500 e. The van der Waals surface area contributed by atoms with Crippen molar-refractivity contribution in [2.75, 3.05) is 32.7 Å². The highest BCUT2D eigenvalue weighted by Crippen LogP contribution is 2.28. The summed E-state index contributed by atoms with van der Waals surface area (Å²) in [5, 5.41) is 7.22. The Kier molecular flexibility index (Phi) is 4.10. The van der Waals surface area contributed by atoms with Crippen LogP contribution in [0.2, 0.25) is 0 Å². The molecule has 0 bridgehead atoms. The van der Waals surface area contributed by atoms with Crippen LogP contribution in [-0.2, 0) is 0 Å². The van der Waals surface area contributed by atoms with Gasteiger partial charge in [-0.3, -0.25) is 0 Å². The Bertz CT molecular complexity index is 269. The predicted octanol–water partition coefficient (Wildman–Crippen LogP) is 1.57. The molecule has 0 aliphatic carbocycles. The number of rotatable bonds is 4. The van der Waals surface area contributed by atoms with Crippen LogP contribution in [0.25, 0.3) is 0 Å². The lowest BCUT2D eigenvalue weighted by Gasteiger charge is -2.36. The number of likely N-dealkylation sites (tertiary alicyclic amines) is 1. The minimum Gasteiger partial charge on any atom is -0.373 e. The topological polar surface area (TPSA) is 27.3 Å². The normalized spacial score (nSPS) is 30.8. The van der Waals surface area contributed by atoms with E-state index in [1.807, 2.05) is 0 Å². The summed E-state index contributed by atoms with van der Waals surface area (Å²) < 4.78 is 0. The van der Waals surface area contributed by atoms with E-state index in [9.17, 15) is 0 Å². The van der Waals surface area contributed by atoms with Crippen LogP contribution >= 0.6 is 0 Å². The van der Waals surface area contributed by atoms with Crippen molar-refractivity contribution in [2.24, 2.45) is 5.92 Å². The lowest BCUT2D eigenvalue weighted by Crippen LogP contribution is -2.60. The van der Waals surface area contributed by atoms with Gasteiger partial charge >= 0.3 is 0 Å². The molecule has 2 saturated heterocycles. The largest absolute Gasteiger partial charge is 0.373 e. The Morgan fingerprint density at radius 3 is 2.94 bits per heavy atom. The predicted molar refractivity (Wildman–Crippen MR) is 73.0 cm³/mol. The summed E-state index contributed by atoms with van der Waals surface area (Å²) in [5.41, 5.74) is 1.66. The number of nitrogens with zero attached hydrogens (tertiary/aromatic N) is 1. The zero-order valence-corrected chi connectivity index (χ0v) is 11.4. The van der Waals surface area contributed by atoms with E-state index in [0.29, 0.717) is 11.5 Å². The molecule has 2 heterocycles. The number of hydrogen-bond donors (Lipinski definition) is 2. The van der Waals surface area contributed by atoms with Gasteiger partial charge in [-0.05, 0) is 18.8 Å². The molecule has 0 aromatic heterocycles. The number of piperazine rings is 1. The minimum atomic E-state index is 0.313. The fourth-order valence-electron chi connectivity index (χ4n) is 3.12. The fourth-order valence-corrected chi connectivity index (χ4v) is 3.12. The van der Waals surface area contributed by atoms with Gasteiger partial charge in [0.15, 0.2) is 0 Å². The van der Waals surface area contributed by atoms with Gasteiger partial charge in [-0.2, -0.15) is 0 Å². The number of hydrogen-bond acceptors (Lipinski definition) is 3. The molecule has 2 fully saturated rings. The van der Waals surface area contributed by atoms with Crippen LogP contribution in [-0.4, -0.2) is 43.2 Å². The summed E-state index contributed by atoms with van der Waals surface area (Å²) >= 11 is 0. The van der Waals surface area contributed by atoms with E-state index in [0.717, 1.165) is 26.2 Å². The average molecular weight is 237 g/mol. The van der Waals surface area contributed by atoms with Gasteiger partial charge in [0.2, 0.25) is 0 Å². The highest BCUT2D eigenvalue weighted by atomic mass is 15.2. The molecular weight excluding hydrogens is 210 g/mol. The van der Waals surface area contributed by atoms with Crippen molar-refractivity contribution in [2.45, 2.75) is 38.6 Å². The summed E-state index contributed by atoms with van der Waals surface area (Å²) in [4.78, 5) is 2.50. The molecule has 3 heteroatoms. The van der Waals surface area contributed by atoms with Crippen molar-refractivity contribution >= 4 is 0 Å². The molecule has 98 valence electrons. The van der Waals surface area contributed by atoms with Gasteiger partial charge in [-0.25, -0.2) is 0 Å². The van der Waals surface area contributed by atoms with Crippen molar-refractivity contribution in [3.05, 3.63) is 12.3 Å². The van der Waals surface area contributed by atoms with E-state index < -0.39 is 0 Å². The second kappa shape index (κ2) is 5.40. The lowest BCUT2D eigenvalue weighted by atomic mass is 9.96. The van der Waals surface area contributed by atoms with E-state index in [4.69, 9.17) is 0 Å². The maximum absolute atomic E-state index is 4.31. The van der Waals surface area contributed by atoms with Crippen LogP contribution in [0.15, 0.2) is 12.3 Å². The van der Waals surface area contributed by atoms with Gasteiger partial charge in [0.25, 0.3) is 0 Å². The van der Waals surface area contributed by atoms with Gasteiger partial charge in [-0.15, -0.1) is 0 Å². The van der Waals surface area contributed by atoms with Crippen LogP contribution in [0, 0.1) is 5.92 Å². The maximum Gasteiger partial charge on any atom is 0.0500 e. The van der Waals surface area contributed by atoms with Gasteiger partial charge in [0, 0.05) is 38.4 Å². The number of nitrogens with one attached hydrogen (secondary N) is 2. The van der Waals surface area contributed by atoms with Crippen molar-refractivity contribution < 1.29 is 0 Å². The molecule has 0 radical (unpaired) electrons. The summed E-state index contributed by atoms with van der Waals surface area (Å²) in [7, 11) is 0. The molecule has 2 aliphatic rings. The molecule has 0 aromatic carbocycles. The number of allylic oxidation sites excluding steroid dienone is 1. The van der Waals surface area contributed by atoms with Crippen molar-refractivity contribution in [3.63, 3.8) is 0 Å². The first kappa shape index (κ1) is 12.9. The first-order valence-electron chi connectivity index (χ1n) is 7.06. The molecule has 0 amide bonds. The molecule has 0 saturated carbocycles. The monoisotopic (exact) mass is 237 g/mol. The molecule has 2 atom stereocenters. The standard InChI is InChI=1S/C14H27N3/c1-4-5-12(2)13(3)17-9-6-14(11-17)10-15-7-8-16-14/h12,15-16H,3-11H2,1-2H3. The Hall–Kier alpha value is -0.540. The van der Waals surface area contributed by atoms with Crippen molar-refractivity contribution in [1.82, 2.24) is 15.5 Å². The van der Waals surface area contributed by atoms with Crippen LogP contribution in [0.1, 0.15) is 33.1 Å². The molecule has 3 nitrogen and oxygen atoms in total. The zero-order chi connectivity index (χ0) is 12.3. The van der Waals surface area contributed by atoms with E-state index >= 15 is 0 Å². The van der Waals surface area contributed by atoms with E-state index in [1.54, 1.807) is 0 Å². The first-order chi connectivity index (χ1) is 8.17. The molecule has 0 aromatic rings. The van der Waals surface area contributed by atoms with Crippen LogP contribution in [0.4, 0.5) is 0 Å². The fraction of sp³-hybridized carbons (Fsp3) is 0.857. The van der Waals surface area contributed by atoms with Gasteiger partial charge in [0.05, 0.1) is 5.54 Å². The van der Waals surface area contributed by atoms with Crippen LogP contribution in [0.5, 0.6) is 0 Å². The SMILES string of the molecule is C=C(C(C)CCC)N1CCC2(CNCCN2)C1. The second-order valence-corrected chi connectivity index (χ2v) is 5.74. The third kappa shape index (κ3) is 2.83. The Morgan fingerprint density at radius 1 is 1.47 bits per heavy atom. The van der Waals surface area contributed by atoms with E-state index in [-0.39, 0.29) is 0 Å². The third-order valence-electron chi connectivity index (χ3n) is 4.32. The molecule has 2 rings (SSSR count). The minimum absolute atomic E-state index is 0.313. The summed E-state index contributed by atoms with van der Waals surface area (Å²) in [6, 6.07) is 0. The molecule has 2 unspecified atom stereocenters. The third-order valence-corrected chi connectivity index (χ3v) is 4.32. The van der Waals surface area contributed by atoms with Crippen molar-refractivity contribution in [3.8, 4) is 0 Å². The van der Waals surface area contributed by atoms with E-state index in [1.165, 1.54) is 31.5 Å². The highest BCUT2D eigenvalue weighted by molar-refractivity contribution is 5.09. The summed E-state index contributed by atoms with van der Waals surface area (Å²) in [6.45, 7) is 14.5. The van der Waals surface area contributed by atoms with Gasteiger partial charge in [0.1, 0.15) is 0 Å². The molecular formula is C14H27N3. The lowest BCUT2D eigenvalue weighted by molar-refractivity contribution is 0.262. The van der Waals surface area contributed by atoms with Crippen molar-refractivity contribution in [1.29, 1.82) is 0 Å². The molecule has 2 aliphatic heterocycles. The summed E-state index contributed by atoms with van der Waals surface area (Å²) in [5.74, 6) is 0.631. The van der Waals surface area contributed by atoms with Crippen LogP contribution in [0.3, 0.4) is 0 Å². The Morgan fingerprint density at radius 2 is 2.29 bits per heavy atom. The molecule has 1 spiro atoms. The summed E-state index contributed by atoms with van der Waals surface area (Å²) in [6.07, 6.45) is 3.75. The van der Waals surface area contributed by atoms with Gasteiger partial charge < -0.3 is 15.5 Å². The second-order valence-electron chi connectivity index (χ2n) is 5.74.